The summed E-state index contributed by atoms with van der Waals surface area (Å²) in [5.41, 5.74) is 3.49. The van der Waals surface area contributed by atoms with Crippen molar-refractivity contribution in [2.45, 2.75) is 45.9 Å². The summed E-state index contributed by atoms with van der Waals surface area (Å²) in [6.45, 7) is 9.80. The van der Waals surface area contributed by atoms with Gasteiger partial charge in [0.25, 0.3) is 0 Å². The Balaban J connectivity index is 1.63. The average Bonchev–Trinajstić information content (AvgIpc) is 2.99. The van der Waals surface area contributed by atoms with Crippen molar-refractivity contribution in [3.8, 4) is 0 Å². The fraction of sp³-hybridized carbons (Fsp3) is 0.550. The van der Waals surface area contributed by atoms with Crippen LogP contribution in [0.25, 0.3) is 0 Å². The van der Waals surface area contributed by atoms with Crippen LogP contribution in [0.1, 0.15) is 30.2 Å². The zero-order chi connectivity index (χ0) is 18.5. The summed E-state index contributed by atoms with van der Waals surface area (Å²) in [5.74, 6) is -0.200. The highest BCUT2D eigenvalue weighted by Gasteiger charge is 2.27. The van der Waals surface area contributed by atoms with Gasteiger partial charge in [0.05, 0.1) is 5.69 Å². The van der Waals surface area contributed by atoms with E-state index in [1.165, 1.54) is 17.7 Å². The first-order valence-corrected chi connectivity index (χ1v) is 9.43. The van der Waals surface area contributed by atoms with E-state index in [0.29, 0.717) is 6.04 Å². The minimum Gasteiger partial charge on any atom is -0.396 e. The first-order chi connectivity index (χ1) is 12.6. The summed E-state index contributed by atoms with van der Waals surface area (Å²) < 4.78 is 15.1. The van der Waals surface area contributed by atoms with E-state index in [9.17, 15) is 9.50 Å². The van der Waals surface area contributed by atoms with Gasteiger partial charge in [0.2, 0.25) is 0 Å². The van der Waals surface area contributed by atoms with E-state index in [1.807, 2.05) is 16.8 Å². The number of aliphatic hydroxyl groups excluding tert-OH is 1. The SMILES string of the molecule is CCn1cc(CN2CCN(Cc3ccc(F)cc3)C(CCO)C2)c(C)n1. The number of nitrogens with zero attached hydrogens (tertiary/aromatic N) is 4. The number of halogens is 1. The number of rotatable bonds is 7. The van der Waals surface area contributed by atoms with Crippen molar-refractivity contribution in [3.63, 3.8) is 0 Å². The van der Waals surface area contributed by atoms with Crippen LogP contribution < -0.4 is 0 Å². The van der Waals surface area contributed by atoms with Crippen molar-refractivity contribution in [2.24, 2.45) is 0 Å². The quantitative estimate of drug-likeness (QED) is 0.824. The van der Waals surface area contributed by atoms with Crippen LogP contribution >= 0.6 is 0 Å². The van der Waals surface area contributed by atoms with Crippen molar-refractivity contribution in [2.75, 3.05) is 26.2 Å². The number of hydrogen-bond donors (Lipinski definition) is 1. The van der Waals surface area contributed by atoms with Crippen molar-refractivity contribution < 1.29 is 9.50 Å². The Labute approximate surface area is 155 Å². The lowest BCUT2D eigenvalue weighted by molar-refractivity contribution is 0.0499. The standard InChI is InChI=1S/C20H29FN4O/c1-3-25-14-18(16(2)22-25)13-23-9-10-24(20(15-23)8-11-26)12-17-4-6-19(21)7-5-17/h4-7,14,20,26H,3,8-13,15H2,1-2H3. The van der Waals surface area contributed by atoms with Gasteiger partial charge in [0, 0.05) is 63.7 Å². The van der Waals surface area contributed by atoms with Crippen LogP contribution in [0.15, 0.2) is 30.5 Å². The Morgan fingerprint density at radius 3 is 2.62 bits per heavy atom. The molecule has 1 aliphatic heterocycles. The Bertz CT molecular complexity index is 700. The van der Waals surface area contributed by atoms with Crippen LogP contribution in [0.2, 0.25) is 0 Å². The van der Waals surface area contributed by atoms with E-state index in [2.05, 4.69) is 34.9 Å². The largest absolute Gasteiger partial charge is 0.396 e. The molecule has 0 spiro atoms. The van der Waals surface area contributed by atoms with Crippen LogP contribution in [0.4, 0.5) is 4.39 Å². The molecule has 1 unspecified atom stereocenters. The maximum absolute atomic E-state index is 13.1. The maximum atomic E-state index is 13.1. The maximum Gasteiger partial charge on any atom is 0.123 e. The number of benzene rings is 1. The molecule has 0 bridgehead atoms. The molecule has 1 atom stereocenters. The van der Waals surface area contributed by atoms with Gasteiger partial charge in [0.15, 0.2) is 0 Å². The predicted molar refractivity (Wildman–Crippen MR) is 100 cm³/mol. The molecule has 0 saturated carbocycles. The highest BCUT2D eigenvalue weighted by Crippen LogP contribution is 2.19. The molecule has 2 heterocycles. The van der Waals surface area contributed by atoms with Crippen LogP contribution in [0, 0.1) is 12.7 Å². The molecule has 142 valence electrons. The second-order valence-electron chi connectivity index (χ2n) is 7.09. The van der Waals surface area contributed by atoms with Crippen molar-refractivity contribution in [1.82, 2.24) is 19.6 Å². The molecule has 0 aliphatic carbocycles. The van der Waals surface area contributed by atoms with Gasteiger partial charge in [-0.15, -0.1) is 0 Å². The third-order valence-corrected chi connectivity index (χ3v) is 5.22. The van der Waals surface area contributed by atoms with Crippen LogP contribution in [-0.4, -0.2) is 57.0 Å². The Morgan fingerprint density at radius 1 is 1.19 bits per heavy atom. The van der Waals surface area contributed by atoms with E-state index in [4.69, 9.17) is 0 Å². The van der Waals surface area contributed by atoms with E-state index in [1.54, 1.807) is 0 Å². The van der Waals surface area contributed by atoms with Crippen molar-refractivity contribution in [3.05, 3.63) is 53.1 Å². The Morgan fingerprint density at radius 2 is 1.96 bits per heavy atom. The Kier molecular flexibility index (Phi) is 6.40. The van der Waals surface area contributed by atoms with Gasteiger partial charge >= 0.3 is 0 Å². The summed E-state index contributed by atoms with van der Waals surface area (Å²) in [7, 11) is 0. The lowest BCUT2D eigenvalue weighted by Crippen LogP contribution is -2.52. The topological polar surface area (TPSA) is 44.5 Å². The second-order valence-corrected chi connectivity index (χ2v) is 7.09. The monoisotopic (exact) mass is 360 g/mol. The van der Waals surface area contributed by atoms with Gasteiger partial charge < -0.3 is 5.11 Å². The predicted octanol–water partition coefficient (Wildman–Crippen LogP) is 2.42. The molecule has 1 aromatic heterocycles. The third kappa shape index (κ3) is 4.69. The molecule has 1 aromatic carbocycles. The van der Waals surface area contributed by atoms with E-state index < -0.39 is 0 Å². The lowest BCUT2D eigenvalue weighted by atomic mass is 10.1. The van der Waals surface area contributed by atoms with Gasteiger partial charge in [-0.2, -0.15) is 5.10 Å². The van der Waals surface area contributed by atoms with Crippen molar-refractivity contribution >= 4 is 0 Å². The molecule has 3 rings (SSSR count). The minimum absolute atomic E-state index is 0.186. The van der Waals surface area contributed by atoms with Gasteiger partial charge in [-0.05, 0) is 38.0 Å². The molecule has 5 nitrogen and oxygen atoms in total. The number of piperazine rings is 1. The summed E-state index contributed by atoms with van der Waals surface area (Å²) in [6.07, 6.45) is 2.90. The average molecular weight is 360 g/mol. The molecular formula is C20H29FN4O. The number of aromatic nitrogens is 2. The number of hydrogen-bond acceptors (Lipinski definition) is 4. The van der Waals surface area contributed by atoms with Gasteiger partial charge in [-0.1, -0.05) is 12.1 Å². The van der Waals surface area contributed by atoms with Gasteiger partial charge in [-0.3, -0.25) is 14.5 Å². The summed E-state index contributed by atoms with van der Waals surface area (Å²) in [4.78, 5) is 4.85. The molecule has 0 radical (unpaired) electrons. The molecule has 6 heteroatoms. The first-order valence-electron chi connectivity index (χ1n) is 9.43. The van der Waals surface area contributed by atoms with Crippen LogP contribution in [0.3, 0.4) is 0 Å². The molecule has 0 amide bonds. The summed E-state index contributed by atoms with van der Waals surface area (Å²) in [5, 5.41) is 14.0. The summed E-state index contributed by atoms with van der Waals surface area (Å²) >= 11 is 0. The minimum atomic E-state index is -0.200. The van der Waals surface area contributed by atoms with Crippen LogP contribution in [0.5, 0.6) is 0 Å². The third-order valence-electron chi connectivity index (χ3n) is 5.22. The molecule has 1 aliphatic rings. The van der Waals surface area contributed by atoms with Crippen LogP contribution in [-0.2, 0) is 19.6 Å². The molecular weight excluding hydrogens is 331 g/mol. The van der Waals surface area contributed by atoms with Gasteiger partial charge in [-0.25, -0.2) is 4.39 Å². The fourth-order valence-corrected chi connectivity index (χ4v) is 3.67. The number of aliphatic hydroxyl groups is 1. The lowest BCUT2D eigenvalue weighted by Gasteiger charge is -2.41. The second kappa shape index (κ2) is 8.75. The van der Waals surface area contributed by atoms with Gasteiger partial charge in [0.1, 0.15) is 5.82 Å². The number of aryl methyl sites for hydroxylation is 2. The smallest absolute Gasteiger partial charge is 0.123 e. The molecule has 1 N–H and O–H groups in total. The first kappa shape index (κ1) is 19.0. The highest BCUT2D eigenvalue weighted by atomic mass is 19.1. The molecule has 1 saturated heterocycles. The highest BCUT2D eigenvalue weighted by molar-refractivity contribution is 5.17. The fourth-order valence-electron chi connectivity index (χ4n) is 3.67. The zero-order valence-corrected chi connectivity index (χ0v) is 15.7. The van der Waals surface area contributed by atoms with E-state index >= 15 is 0 Å². The molecule has 26 heavy (non-hydrogen) atoms. The zero-order valence-electron chi connectivity index (χ0n) is 15.7. The van der Waals surface area contributed by atoms with Crippen molar-refractivity contribution in [1.29, 1.82) is 0 Å². The normalized spacial score (nSPS) is 19.2. The molecule has 2 aromatic rings. The summed E-state index contributed by atoms with van der Waals surface area (Å²) in [6, 6.07) is 7.03. The van der Waals surface area contributed by atoms with E-state index in [0.717, 1.165) is 56.9 Å². The van der Waals surface area contributed by atoms with E-state index in [-0.39, 0.29) is 12.4 Å². The Hall–Kier alpha value is -1.76. The molecule has 1 fully saturated rings.